The first kappa shape index (κ1) is 18.4. The van der Waals surface area contributed by atoms with Crippen molar-refractivity contribution in [3.63, 3.8) is 0 Å². The van der Waals surface area contributed by atoms with Crippen molar-refractivity contribution in [2.75, 3.05) is 13.1 Å². The lowest BCUT2D eigenvalue weighted by molar-refractivity contribution is -0.144. The van der Waals surface area contributed by atoms with E-state index in [1.807, 2.05) is 13.8 Å². The van der Waals surface area contributed by atoms with Crippen LogP contribution in [0.2, 0.25) is 0 Å². The normalized spacial score (nSPS) is 13.7. The molecular weight excluding hydrogens is 262 g/mol. The van der Waals surface area contributed by atoms with Gasteiger partial charge in [-0.1, -0.05) is 20.8 Å². The first-order valence-corrected chi connectivity index (χ1v) is 6.77. The zero-order chi connectivity index (χ0) is 15.8. The number of carbonyl (C=O) groups excluding carboxylic acids is 2. The van der Waals surface area contributed by atoms with Gasteiger partial charge in [-0.05, 0) is 25.7 Å². The smallest absolute Gasteiger partial charge is 0.323 e. The molecule has 7 heteroatoms. The molecule has 0 aliphatic heterocycles. The van der Waals surface area contributed by atoms with Gasteiger partial charge in [-0.2, -0.15) is 0 Å². The number of rotatable bonds is 8. The van der Waals surface area contributed by atoms with E-state index in [1.165, 1.54) is 6.92 Å². The number of hydrogen-bond donors (Lipinski definition) is 4. The number of urea groups is 1. The quantitative estimate of drug-likeness (QED) is 0.525. The van der Waals surface area contributed by atoms with Crippen molar-refractivity contribution in [2.45, 2.75) is 46.1 Å². The van der Waals surface area contributed by atoms with Crippen molar-refractivity contribution >= 4 is 17.9 Å². The second-order valence-corrected chi connectivity index (χ2v) is 5.33. The Morgan fingerprint density at radius 3 is 2.30 bits per heavy atom. The number of carboxylic acids is 1. The van der Waals surface area contributed by atoms with Gasteiger partial charge < -0.3 is 10.4 Å². The molecule has 0 aliphatic rings. The van der Waals surface area contributed by atoms with Crippen molar-refractivity contribution in [3.05, 3.63) is 0 Å². The van der Waals surface area contributed by atoms with Gasteiger partial charge in [0.15, 0.2) is 0 Å². The highest BCUT2D eigenvalue weighted by atomic mass is 16.4. The van der Waals surface area contributed by atoms with Crippen LogP contribution in [0.5, 0.6) is 0 Å². The Balaban J connectivity index is 4.05. The maximum absolute atomic E-state index is 11.5. The predicted octanol–water partition coefficient (Wildman–Crippen LogP) is 0.701. The molecule has 20 heavy (non-hydrogen) atoms. The molecule has 3 amide bonds. The van der Waals surface area contributed by atoms with Crippen LogP contribution in [0.25, 0.3) is 0 Å². The molecule has 0 fully saturated rings. The van der Waals surface area contributed by atoms with Gasteiger partial charge in [0.1, 0.15) is 5.54 Å². The molecule has 0 aromatic rings. The summed E-state index contributed by atoms with van der Waals surface area (Å²) in [6.45, 7) is 7.53. The number of hydrogen-bond acceptors (Lipinski definition) is 4. The molecule has 0 spiro atoms. The molecule has 4 N–H and O–H groups in total. The third-order valence-electron chi connectivity index (χ3n) is 3.08. The SMILES string of the molecule is CCC(C)(NCC(=O)NC(=O)NCCC(C)C)C(=O)O. The summed E-state index contributed by atoms with van der Waals surface area (Å²) in [5.41, 5.74) is -1.18. The Kier molecular flexibility index (Phi) is 7.83. The summed E-state index contributed by atoms with van der Waals surface area (Å²) in [5, 5.41) is 16.4. The number of nitrogens with one attached hydrogen (secondary N) is 3. The van der Waals surface area contributed by atoms with Crippen LogP contribution >= 0.6 is 0 Å². The Morgan fingerprint density at radius 2 is 1.85 bits per heavy atom. The van der Waals surface area contributed by atoms with E-state index in [-0.39, 0.29) is 6.54 Å². The highest BCUT2D eigenvalue weighted by molar-refractivity contribution is 5.95. The average Bonchev–Trinajstić information content (AvgIpc) is 2.35. The van der Waals surface area contributed by atoms with Crippen LogP contribution in [0.1, 0.15) is 40.5 Å². The number of carbonyl (C=O) groups is 3. The Hall–Kier alpha value is -1.63. The molecule has 0 aromatic heterocycles. The number of amides is 3. The van der Waals surface area contributed by atoms with Crippen LogP contribution in [-0.4, -0.2) is 41.6 Å². The van der Waals surface area contributed by atoms with Crippen LogP contribution in [0.4, 0.5) is 4.79 Å². The molecule has 1 unspecified atom stereocenters. The minimum absolute atomic E-state index is 0.228. The molecule has 0 bridgehead atoms. The van der Waals surface area contributed by atoms with Crippen molar-refractivity contribution in [2.24, 2.45) is 5.92 Å². The lowest BCUT2D eigenvalue weighted by atomic mass is 9.99. The number of imide groups is 1. The van der Waals surface area contributed by atoms with Crippen LogP contribution < -0.4 is 16.0 Å². The van der Waals surface area contributed by atoms with E-state index in [0.29, 0.717) is 18.9 Å². The minimum Gasteiger partial charge on any atom is -0.480 e. The third-order valence-corrected chi connectivity index (χ3v) is 3.08. The fourth-order valence-corrected chi connectivity index (χ4v) is 1.32. The fraction of sp³-hybridized carbons (Fsp3) is 0.769. The van der Waals surface area contributed by atoms with E-state index in [9.17, 15) is 14.4 Å². The highest BCUT2D eigenvalue weighted by Crippen LogP contribution is 2.08. The van der Waals surface area contributed by atoms with Gasteiger partial charge in [0.05, 0.1) is 6.54 Å². The van der Waals surface area contributed by atoms with Crippen LogP contribution in [0.3, 0.4) is 0 Å². The summed E-state index contributed by atoms with van der Waals surface area (Å²) in [7, 11) is 0. The van der Waals surface area contributed by atoms with E-state index in [4.69, 9.17) is 5.11 Å². The van der Waals surface area contributed by atoms with Gasteiger partial charge in [0.25, 0.3) is 0 Å². The van der Waals surface area contributed by atoms with Crippen molar-refractivity contribution in [1.29, 1.82) is 0 Å². The summed E-state index contributed by atoms with van der Waals surface area (Å²) in [6, 6.07) is -0.564. The highest BCUT2D eigenvalue weighted by Gasteiger charge is 2.30. The predicted molar refractivity (Wildman–Crippen MR) is 75.3 cm³/mol. The fourth-order valence-electron chi connectivity index (χ4n) is 1.32. The van der Waals surface area contributed by atoms with Crippen LogP contribution in [-0.2, 0) is 9.59 Å². The van der Waals surface area contributed by atoms with Crippen molar-refractivity contribution < 1.29 is 19.5 Å². The summed E-state index contributed by atoms with van der Waals surface area (Å²) in [4.78, 5) is 33.9. The van der Waals surface area contributed by atoms with Crippen molar-refractivity contribution in [1.82, 2.24) is 16.0 Å². The lowest BCUT2D eigenvalue weighted by Crippen LogP contribution is -2.53. The molecule has 116 valence electrons. The Bertz CT molecular complexity index is 358. The van der Waals surface area contributed by atoms with Gasteiger partial charge in [-0.15, -0.1) is 0 Å². The zero-order valence-electron chi connectivity index (χ0n) is 12.6. The largest absolute Gasteiger partial charge is 0.480 e. The van der Waals surface area contributed by atoms with E-state index in [1.54, 1.807) is 6.92 Å². The van der Waals surface area contributed by atoms with E-state index in [0.717, 1.165) is 6.42 Å². The standard InChI is InChI=1S/C13H25N3O4/c1-5-13(4,11(18)19)15-8-10(17)16-12(20)14-7-6-9(2)3/h9,15H,5-8H2,1-4H3,(H,18,19)(H2,14,16,17,20). The molecule has 0 rings (SSSR count). The molecule has 0 radical (unpaired) electrons. The topological polar surface area (TPSA) is 108 Å². The molecule has 0 heterocycles. The lowest BCUT2D eigenvalue weighted by Gasteiger charge is -2.24. The second kappa shape index (κ2) is 8.52. The molecular formula is C13H25N3O4. The maximum Gasteiger partial charge on any atom is 0.323 e. The molecule has 0 aromatic carbocycles. The molecule has 1 atom stereocenters. The summed E-state index contributed by atoms with van der Waals surface area (Å²) in [6.07, 6.45) is 1.16. The van der Waals surface area contributed by atoms with E-state index in [2.05, 4.69) is 16.0 Å². The van der Waals surface area contributed by atoms with Crippen LogP contribution in [0.15, 0.2) is 0 Å². The van der Waals surface area contributed by atoms with Gasteiger partial charge in [-0.3, -0.25) is 20.2 Å². The summed E-state index contributed by atoms with van der Waals surface area (Å²) in [5.74, 6) is -1.13. The zero-order valence-corrected chi connectivity index (χ0v) is 12.6. The van der Waals surface area contributed by atoms with Crippen molar-refractivity contribution in [3.8, 4) is 0 Å². The van der Waals surface area contributed by atoms with E-state index >= 15 is 0 Å². The third kappa shape index (κ3) is 7.08. The average molecular weight is 287 g/mol. The monoisotopic (exact) mass is 287 g/mol. The van der Waals surface area contributed by atoms with Gasteiger partial charge in [0, 0.05) is 6.54 Å². The molecule has 7 nitrogen and oxygen atoms in total. The Morgan fingerprint density at radius 1 is 1.25 bits per heavy atom. The minimum atomic E-state index is -1.18. The number of carboxylic acid groups (broad SMARTS) is 1. The molecule has 0 saturated carbocycles. The first-order chi connectivity index (χ1) is 9.21. The number of aliphatic carboxylic acids is 1. The maximum atomic E-state index is 11.5. The van der Waals surface area contributed by atoms with Crippen LogP contribution in [0, 0.1) is 5.92 Å². The summed E-state index contributed by atoms with van der Waals surface area (Å²) < 4.78 is 0. The van der Waals surface area contributed by atoms with Gasteiger partial charge >= 0.3 is 12.0 Å². The van der Waals surface area contributed by atoms with Gasteiger partial charge in [0.2, 0.25) is 5.91 Å². The Labute approximate surface area is 119 Å². The van der Waals surface area contributed by atoms with E-state index < -0.39 is 23.4 Å². The molecule has 0 aliphatic carbocycles. The first-order valence-electron chi connectivity index (χ1n) is 6.77. The van der Waals surface area contributed by atoms with Gasteiger partial charge in [-0.25, -0.2) is 4.79 Å². The second-order valence-electron chi connectivity index (χ2n) is 5.33. The summed E-state index contributed by atoms with van der Waals surface area (Å²) >= 11 is 0. The molecule has 0 saturated heterocycles.